The van der Waals surface area contributed by atoms with Crippen LogP contribution in [0.3, 0.4) is 0 Å². The minimum Gasteiger partial charge on any atom is -0.467 e. The molecule has 0 bridgehead atoms. The fourth-order valence-electron chi connectivity index (χ4n) is 5.09. The molecule has 0 spiro atoms. The maximum absolute atomic E-state index is 13.8. The molecule has 45 heavy (non-hydrogen) atoms. The Kier molecular flexibility index (Phi) is 14.7. The molecule has 0 radical (unpaired) electrons. The molecule has 0 fully saturated rings. The Morgan fingerprint density at radius 2 is 1.31 bits per heavy atom. The van der Waals surface area contributed by atoms with Crippen molar-refractivity contribution >= 4 is 29.6 Å². The van der Waals surface area contributed by atoms with Gasteiger partial charge in [0.05, 0.1) is 13.2 Å². The molecule has 0 aliphatic carbocycles. The van der Waals surface area contributed by atoms with Crippen LogP contribution < -0.4 is 21.7 Å². The second-order valence-electron chi connectivity index (χ2n) is 11.8. The summed E-state index contributed by atoms with van der Waals surface area (Å²) >= 11 is 0. The Morgan fingerprint density at radius 3 is 1.80 bits per heavy atom. The highest BCUT2D eigenvalue weighted by Crippen LogP contribution is 2.16. The van der Waals surface area contributed by atoms with Crippen LogP contribution in [0.4, 0.5) is 0 Å². The Balaban J connectivity index is 2.26. The SMILES string of the molecule is CC[C@H](C)[C@H](NC(=O)[C@H](C(C)C)N(C)C(=O)[C@H](N)Cc1ccccc1)C(=O)N[C@@H](Cc1ccccc1)C(=O)N[C@@H](C)C(=O)OC. The second-order valence-corrected chi connectivity index (χ2v) is 11.8. The molecule has 0 aliphatic heterocycles. The number of nitrogens with zero attached hydrogens (tertiary/aromatic N) is 1. The fourth-order valence-corrected chi connectivity index (χ4v) is 5.09. The summed E-state index contributed by atoms with van der Waals surface area (Å²) in [6.45, 7) is 8.84. The first kappa shape index (κ1) is 36.9. The number of nitrogens with two attached hydrogens (primary N) is 1. The zero-order valence-electron chi connectivity index (χ0n) is 27.4. The van der Waals surface area contributed by atoms with Crippen molar-refractivity contribution in [1.29, 1.82) is 0 Å². The molecule has 6 atom stereocenters. The lowest BCUT2D eigenvalue weighted by molar-refractivity contribution is -0.145. The number of ether oxygens (including phenoxy) is 1. The van der Waals surface area contributed by atoms with Gasteiger partial charge in [0.2, 0.25) is 23.6 Å². The van der Waals surface area contributed by atoms with E-state index in [1.807, 2.05) is 88.4 Å². The average molecular weight is 624 g/mol. The van der Waals surface area contributed by atoms with E-state index in [4.69, 9.17) is 10.5 Å². The van der Waals surface area contributed by atoms with Gasteiger partial charge in [0, 0.05) is 13.5 Å². The van der Waals surface area contributed by atoms with Crippen LogP contribution in [0.5, 0.6) is 0 Å². The third-order valence-corrected chi connectivity index (χ3v) is 7.90. The highest BCUT2D eigenvalue weighted by Gasteiger charge is 2.36. The summed E-state index contributed by atoms with van der Waals surface area (Å²) in [5.74, 6) is -3.25. The van der Waals surface area contributed by atoms with Crippen molar-refractivity contribution in [2.24, 2.45) is 17.6 Å². The van der Waals surface area contributed by atoms with E-state index >= 15 is 0 Å². The highest BCUT2D eigenvalue weighted by molar-refractivity contribution is 5.95. The molecule has 11 nitrogen and oxygen atoms in total. The molecular weight excluding hydrogens is 574 g/mol. The maximum Gasteiger partial charge on any atom is 0.328 e. The minimum atomic E-state index is -1.04. The fraction of sp³-hybridized carbons (Fsp3) is 0.500. The van der Waals surface area contributed by atoms with Crippen molar-refractivity contribution in [2.45, 2.75) is 84.1 Å². The van der Waals surface area contributed by atoms with Crippen molar-refractivity contribution < 1.29 is 28.7 Å². The third kappa shape index (κ3) is 11.0. The number of nitrogens with one attached hydrogen (secondary N) is 3. The van der Waals surface area contributed by atoms with Crippen LogP contribution in [0, 0.1) is 11.8 Å². The zero-order valence-corrected chi connectivity index (χ0v) is 27.4. The first-order valence-corrected chi connectivity index (χ1v) is 15.4. The number of esters is 1. The summed E-state index contributed by atoms with van der Waals surface area (Å²) in [5.41, 5.74) is 7.96. The van der Waals surface area contributed by atoms with Crippen LogP contribution in [0.2, 0.25) is 0 Å². The summed E-state index contributed by atoms with van der Waals surface area (Å²) in [6, 6.07) is 13.8. The van der Waals surface area contributed by atoms with Gasteiger partial charge in [-0.2, -0.15) is 0 Å². The van der Waals surface area contributed by atoms with Crippen molar-refractivity contribution in [3.8, 4) is 0 Å². The quantitative estimate of drug-likeness (QED) is 0.208. The summed E-state index contributed by atoms with van der Waals surface area (Å²) < 4.78 is 4.72. The van der Waals surface area contributed by atoms with Gasteiger partial charge in [-0.1, -0.05) is 94.8 Å². The van der Waals surface area contributed by atoms with E-state index < -0.39 is 59.8 Å². The molecule has 0 saturated heterocycles. The molecule has 11 heteroatoms. The topological polar surface area (TPSA) is 160 Å². The van der Waals surface area contributed by atoms with Crippen molar-refractivity contribution in [3.05, 3.63) is 71.8 Å². The monoisotopic (exact) mass is 623 g/mol. The van der Waals surface area contributed by atoms with Gasteiger partial charge in [0.15, 0.2) is 0 Å². The minimum absolute atomic E-state index is 0.151. The molecule has 0 aromatic heterocycles. The van der Waals surface area contributed by atoms with E-state index in [0.717, 1.165) is 11.1 Å². The van der Waals surface area contributed by atoms with Crippen molar-refractivity contribution in [3.63, 3.8) is 0 Å². The number of benzene rings is 2. The zero-order chi connectivity index (χ0) is 33.7. The smallest absolute Gasteiger partial charge is 0.328 e. The second kappa shape index (κ2) is 17.9. The normalized spacial score (nSPS) is 15.0. The molecule has 5 N–H and O–H groups in total. The van der Waals surface area contributed by atoms with Crippen LogP contribution in [0.25, 0.3) is 0 Å². The Hall–Kier alpha value is -4.25. The molecule has 0 heterocycles. The van der Waals surface area contributed by atoms with Crippen LogP contribution in [-0.2, 0) is 41.6 Å². The van der Waals surface area contributed by atoms with E-state index in [2.05, 4.69) is 16.0 Å². The number of carbonyl (C=O) groups excluding carboxylic acids is 5. The maximum atomic E-state index is 13.8. The molecule has 0 saturated carbocycles. The lowest BCUT2D eigenvalue weighted by atomic mass is 9.95. The number of methoxy groups -OCH3 is 1. The molecule has 2 aromatic carbocycles. The van der Waals surface area contributed by atoms with E-state index in [1.165, 1.54) is 18.9 Å². The largest absolute Gasteiger partial charge is 0.467 e. The van der Waals surface area contributed by atoms with Crippen LogP contribution in [-0.4, -0.2) is 78.9 Å². The number of amides is 4. The standard InChI is InChI=1S/C34H49N5O6/c1-8-22(4)28(31(41)37-27(20-25-17-13-10-14-18-25)30(40)36-23(5)34(44)45-7)38-32(42)29(21(2)3)39(6)33(43)26(35)19-24-15-11-9-12-16-24/h9-18,21-23,26-29H,8,19-20,35H2,1-7H3,(H,36,40)(H,37,41)(H,38,42)/t22-,23-,26+,27-,28-,29-/m0/s1. The predicted molar refractivity (Wildman–Crippen MR) is 173 cm³/mol. The molecule has 4 amide bonds. The summed E-state index contributed by atoms with van der Waals surface area (Å²) in [7, 11) is 2.76. The first-order valence-electron chi connectivity index (χ1n) is 15.4. The van der Waals surface area contributed by atoms with Gasteiger partial charge in [0.25, 0.3) is 0 Å². The molecule has 0 aliphatic rings. The van der Waals surface area contributed by atoms with Gasteiger partial charge >= 0.3 is 5.97 Å². The summed E-state index contributed by atoms with van der Waals surface area (Å²) in [5, 5.41) is 8.25. The Bertz CT molecular complexity index is 1270. The van der Waals surface area contributed by atoms with Crippen LogP contribution in [0.1, 0.15) is 52.2 Å². The van der Waals surface area contributed by atoms with Crippen LogP contribution >= 0.6 is 0 Å². The summed E-state index contributed by atoms with van der Waals surface area (Å²) in [6.07, 6.45) is 1.02. The van der Waals surface area contributed by atoms with Gasteiger partial charge in [-0.05, 0) is 36.3 Å². The number of hydrogen-bond donors (Lipinski definition) is 4. The predicted octanol–water partition coefficient (Wildman–Crippen LogP) is 1.98. The third-order valence-electron chi connectivity index (χ3n) is 7.90. The molecule has 0 unspecified atom stereocenters. The highest BCUT2D eigenvalue weighted by atomic mass is 16.5. The first-order chi connectivity index (χ1) is 21.3. The molecule has 2 rings (SSSR count). The number of likely N-dealkylation sites (N-methyl/N-ethyl adjacent to an activating group) is 1. The van der Waals surface area contributed by atoms with E-state index in [0.29, 0.717) is 12.8 Å². The number of hydrogen-bond acceptors (Lipinski definition) is 7. The molecule has 2 aromatic rings. The Morgan fingerprint density at radius 1 is 0.778 bits per heavy atom. The van der Waals surface area contributed by atoms with Gasteiger partial charge in [0.1, 0.15) is 24.2 Å². The lowest BCUT2D eigenvalue weighted by Gasteiger charge is -2.34. The van der Waals surface area contributed by atoms with Gasteiger partial charge < -0.3 is 31.3 Å². The summed E-state index contributed by atoms with van der Waals surface area (Å²) in [4.78, 5) is 67.4. The van der Waals surface area contributed by atoms with Gasteiger partial charge in [-0.25, -0.2) is 4.79 Å². The van der Waals surface area contributed by atoms with E-state index in [9.17, 15) is 24.0 Å². The van der Waals surface area contributed by atoms with Gasteiger partial charge in [-0.15, -0.1) is 0 Å². The van der Waals surface area contributed by atoms with E-state index in [-0.39, 0.29) is 18.3 Å². The van der Waals surface area contributed by atoms with Crippen LogP contribution in [0.15, 0.2) is 60.7 Å². The number of rotatable bonds is 16. The number of carbonyl (C=O) groups is 5. The van der Waals surface area contributed by atoms with E-state index in [1.54, 1.807) is 7.05 Å². The molecular formula is C34H49N5O6. The average Bonchev–Trinajstić information content (AvgIpc) is 3.02. The van der Waals surface area contributed by atoms with Crippen molar-refractivity contribution in [2.75, 3.05) is 14.2 Å². The van der Waals surface area contributed by atoms with Crippen molar-refractivity contribution in [1.82, 2.24) is 20.9 Å². The van der Waals surface area contributed by atoms with Gasteiger partial charge in [-0.3, -0.25) is 19.2 Å². The molecule has 246 valence electrons. The Labute approximate surface area is 266 Å². The lowest BCUT2D eigenvalue weighted by Crippen LogP contribution is -2.61.